The van der Waals surface area contributed by atoms with Crippen molar-refractivity contribution < 1.29 is 9.94 Å². The van der Waals surface area contributed by atoms with Gasteiger partial charge < -0.3 is 9.94 Å². The van der Waals surface area contributed by atoms with Crippen molar-refractivity contribution in [3.05, 3.63) is 0 Å². The summed E-state index contributed by atoms with van der Waals surface area (Å²) in [4.78, 5) is 0. The van der Waals surface area contributed by atoms with Gasteiger partial charge in [0.05, 0.1) is 11.7 Å². The van der Waals surface area contributed by atoms with E-state index >= 15 is 0 Å². The van der Waals surface area contributed by atoms with E-state index in [1.807, 2.05) is 0 Å². The molecule has 0 atom stereocenters. The minimum Gasteiger partial charge on any atom is -0.372 e. The van der Waals surface area contributed by atoms with Crippen molar-refractivity contribution in [1.29, 1.82) is 0 Å². The average molecular weight is 271 g/mol. The third-order valence-corrected chi connectivity index (χ3v) is 4.87. The first kappa shape index (κ1) is 16.9. The van der Waals surface area contributed by atoms with Crippen LogP contribution in [0.5, 0.6) is 0 Å². The molecule has 1 rings (SSSR count). The van der Waals surface area contributed by atoms with Gasteiger partial charge in [-0.25, -0.2) is 0 Å². The molecule has 1 N–H and O–H groups in total. The van der Waals surface area contributed by atoms with Gasteiger partial charge in [0.2, 0.25) is 0 Å². The largest absolute Gasteiger partial charge is 0.372 e. The van der Waals surface area contributed by atoms with Crippen LogP contribution in [0.4, 0.5) is 0 Å². The van der Waals surface area contributed by atoms with Crippen LogP contribution < -0.4 is 0 Å². The number of hydrogen-bond donors (Lipinski definition) is 1. The number of nitrogens with zero attached hydrogens (tertiary/aromatic N) is 1. The zero-order valence-corrected chi connectivity index (χ0v) is 14.3. The summed E-state index contributed by atoms with van der Waals surface area (Å²) in [6, 6.07) is 0. The van der Waals surface area contributed by atoms with Gasteiger partial charge in [0, 0.05) is 11.1 Å². The van der Waals surface area contributed by atoms with Gasteiger partial charge in [0.1, 0.15) is 0 Å². The summed E-state index contributed by atoms with van der Waals surface area (Å²) >= 11 is 0. The molecule has 0 aromatic rings. The minimum atomic E-state index is -0.250. The van der Waals surface area contributed by atoms with Gasteiger partial charge >= 0.3 is 0 Å². The van der Waals surface area contributed by atoms with Crippen molar-refractivity contribution in [3.8, 4) is 0 Å². The van der Waals surface area contributed by atoms with E-state index in [0.717, 1.165) is 12.8 Å². The first-order valence-electron chi connectivity index (χ1n) is 7.36. The summed E-state index contributed by atoms with van der Waals surface area (Å²) in [6.07, 6.45) is 1.89. The van der Waals surface area contributed by atoms with Gasteiger partial charge in [-0.05, 0) is 59.8 Å². The van der Waals surface area contributed by atoms with Crippen LogP contribution in [0.25, 0.3) is 0 Å². The van der Waals surface area contributed by atoms with Crippen molar-refractivity contribution in [2.45, 2.75) is 97.9 Å². The third kappa shape index (κ3) is 3.50. The highest BCUT2D eigenvalue weighted by atomic mass is 16.5. The molecule has 3 nitrogen and oxygen atoms in total. The zero-order valence-electron chi connectivity index (χ0n) is 14.3. The van der Waals surface area contributed by atoms with Crippen LogP contribution in [-0.2, 0) is 4.74 Å². The second kappa shape index (κ2) is 4.71. The molecule has 0 radical (unpaired) electrons. The van der Waals surface area contributed by atoms with E-state index in [1.165, 1.54) is 5.06 Å². The lowest BCUT2D eigenvalue weighted by Crippen LogP contribution is -2.61. The highest BCUT2D eigenvalue weighted by Crippen LogP contribution is 2.42. The molecule has 0 spiro atoms. The third-order valence-electron chi connectivity index (χ3n) is 4.87. The van der Waals surface area contributed by atoms with Crippen LogP contribution in [0.3, 0.4) is 0 Å². The maximum atomic E-state index is 10.3. The fourth-order valence-corrected chi connectivity index (χ4v) is 2.86. The predicted molar refractivity (Wildman–Crippen MR) is 79.4 cm³/mol. The maximum absolute atomic E-state index is 10.3. The lowest BCUT2D eigenvalue weighted by Gasteiger charge is -2.53. The Morgan fingerprint density at radius 2 is 1.32 bits per heavy atom. The summed E-state index contributed by atoms with van der Waals surface area (Å²) in [5.41, 5.74) is -0.583. The second-order valence-corrected chi connectivity index (χ2v) is 8.85. The number of hydrogen-bond acceptors (Lipinski definition) is 3. The summed E-state index contributed by atoms with van der Waals surface area (Å²) in [6.45, 7) is 19.3. The lowest BCUT2D eigenvalue weighted by atomic mass is 9.77. The first-order chi connectivity index (χ1) is 8.19. The van der Waals surface area contributed by atoms with E-state index in [1.54, 1.807) is 0 Å². The van der Waals surface area contributed by atoms with Crippen LogP contribution in [0.2, 0.25) is 0 Å². The van der Waals surface area contributed by atoms with E-state index < -0.39 is 0 Å². The monoisotopic (exact) mass is 271 g/mol. The number of rotatable bonds is 2. The second-order valence-electron chi connectivity index (χ2n) is 8.85. The van der Waals surface area contributed by atoms with Crippen molar-refractivity contribution in [2.75, 3.05) is 0 Å². The van der Waals surface area contributed by atoms with Crippen LogP contribution in [0, 0.1) is 5.41 Å². The standard InChI is InChI=1S/C16H33NO2/c1-13(2,3)16(8,9)19-12-10-14(4,5)17(18)15(6,7)11-12/h12,18H,10-11H2,1-9H3. The van der Waals surface area contributed by atoms with Crippen LogP contribution in [0.1, 0.15) is 75.2 Å². The van der Waals surface area contributed by atoms with E-state index in [-0.39, 0.29) is 28.2 Å². The molecule has 0 aliphatic carbocycles. The van der Waals surface area contributed by atoms with E-state index in [0.29, 0.717) is 0 Å². The minimum absolute atomic E-state index is 0.0949. The topological polar surface area (TPSA) is 32.7 Å². The Kier molecular flexibility index (Phi) is 4.20. The predicted octanol–water partition coefficient (Wildman–Crippen LogP) is 4.24. The summed E-state index contributed by atoms with van der Waals surface area (Å²) < 4.78 is 6.43. The normalized spacial score (nSPS) is 25.6. The van der Waals surface area contributed by atoms with Crippen molar-refractivity contribution in [3.63, 3.8) is 0 Å². The van der Waals surface area contributed by atoms with Gasteiger partial charge in [-0.1, -0.05) is 20.8 Å². The van der Waals surface area contributed by atoms with E-state index in [9.17, 15) is 5.21 Å². The Morgan fingerprint density at radius 1 is 0.947 bits per heavy atom. The SMILES string of the molecule is CC1(C)CC(OC(C)(C)C(C)(C)C)CC(C)(C)N1O. The van der Waals surface area contributed by atoms with Crippen molar-refractivity contribution >= 4 is 0 Å². The molecule has 0 saturated carbocycles. The molecule has 1 heterocycles. The Hall–Kier alpha value is -0.120. The molecule has 0 bridgehead atoms. The van der Waals surface area contributed by atoms with Crippen molar-refractivity contribution in [1.82, 2.24) is 5.06 Å². The fourth-order valence-electron chi connectivity index (χ4n) is 2.86. The average Bonchev–Trinajstić information content (AvgIpc) is 2.10. The van der Waals surface area contributed by atoms with Crippen molar-refractivity contribution in [2.24, 2.45) is 5.41 Å². The molecule has 1 fully saturated rings. The number of piperidine rings is 1. The van der Waals surface area contributed by atoms with E-state index in [4.69, 9.17) is 4.74 Å². The summed E-state index contributed by atoms with van der Waals surface area (Å²) in [5.74, 6) is 0. The highest BCUT2D eigenvalue weighted by molar-refractivity contribution is 4.98. The molecule has 0 aromatic carbocycles. The number of ether oxygens (including phenoxy) is 1. The number of hydroxylamine groups is 2. The first-order valence-corrected chi connectivity index (χ1v) is 7.36. The Bertz CT molecular complexity index is 308. The lowest BCUT2D eigenvalue weighted by molar-refractivity contribution is -0.274. The Morgan fingerprint density at radius 3 is 1.63 bits per heavy atom. The van der Waals surface area contributed by atoms with Crippen LogP contribution >= 0.6 is 0 Å². The fraction of sp³-hybridized carbons (Fsp3) is 1.00. The molecule has 1 aliphatic rings. The maximum Gasteiger partial charge on any atom is 0.0678 e. The van der Waals surface area contributed by atoms with Crippen LogP contribution in [0.15, 0.2) is 0 Å². The Balaban J connectivity index is 2.88. The molecule has 3 heteroatoms. The molecular formula is C16H33NO2. The highest BCUT2D eigenvalue weighted by Gasteiger charge is 2.47. The molecule has 0 amide bonds. The summed E-state index contributed by atoms with van der Waals surface area (Å²) in [7, 11) is 0. The van der Waals surface area contributed by atoms with Gasteiger partial charge in [0.15, 0.2) is 0 Å². The molecule has 0 unspecified atom stereocenters. The molecule has 1 aliphatic heterocycles. The van der Waals surface area contributed by atoms with Gasteiger partial charge in [-0.15, -0.1) is 0 Å². The van der Waals surface area contributed by atoms with E-state index in [2.05, 4.69) is 62.3 Å². The molecule has 19 heavy (non-hydrogen) atoms. The van der Waals surface area contributed by atoms with Gasteiger partial charge in [0.25, 0.3) is 0 Å². The smallest absolute Gasteiger partial charge is 0.0678 e. The molecule has 1 saturated heterocycles. The molecule has 114 valence electrons. The summed E-state index contributed by atoms with van der Waals surface area (Å²) in [5, 5.41) is 11.8. The quantitative estimate of drug-likeness (QED) is 0.815. The van der Waals surface area contributed by atoms with Gasteiger partial charge in [-0.3, -0.25) is 0 Å². The zero-order chi connectivity index (χ0) is 15.3. The van der Waals surface area contributed by atoms with Gasteiger partial charge in [-0.2, -0.15) is 5.06 Å². The Labute approximate surface area is 119 Å². The molecule has 0 aromatic heterocycles. The van der Waals surface area contributed by atoms with Crippen LogP contribution in [-0.4, -0.2) is 33.1 Å². The molecular weight excluding hydrogens is 238 g/mol.